The van der Waals surface area contributed by atoms with Gasteiger partial charge in [-0.25, -0.2) is 0 Å². The summed E-state index contributed by atoms with van der Waals surface area (Å²) in [4.78, 5) is 11.9. The van der Waals surface area contributed by atoms with E-state index in [9.17, 15) is 4.79 Å². The van der Waals surface area contributed by atoms with Gasteiger partial charge in [-0.3, -0.25) is 4.79 Å². The van der Waals surface area contributed by atoms with Gasteiger partial charge in [-0.1, -0.05) is 0 Å². The lowest BCUT2D eigenvalue weighted by Crippen LogP contribution is -2.54. The summed E-state index contributed by atoms with van der Waals surface area (Å²) in [5.74, 6) is 0.969. The molecule has 1 aliphatic carbocycles. The molecule has 1 aliphatic heterocycles. The number of hydrogen-bond donors (Lipinski definition) is 2. The molecule has 0 aromatic heterocycles. The smallest absolute Gasteiger partial charge is 0.240 e. The molecule has 4 nitrogen and oxygen atoms in total. The molecule has 2 fully saturated rings. The molecule has 3 N–H and O–H groups in total. The molecule has 1 saturated heterocycles. The molecule has 1 amide bonds. The zero-order chi connectivity index (χ0) is 11.6. The number of nitrogens with one attached hydrogen (secondary N) is 1. The van der Waals surface area contributed by atoms with Gasteiger partial charge < -0.3 is 15.8 Å². The fourth-order valence-electron chi connectivity index (χ4n) is 2.25. The lowest BCUT2D eigenvalue weighted by atomic mass is 9.95. The summed E-state index contributed by atoms with van der Waals surface area (Å²) >= 11 is 0. The second-order valence-electron chi connectivity index (χ2n) is 5.32. The van der Waals surface area contributed by atoms with Crippen LogP contribution in [0.25, 0.3) is 0 Å². The monoisotopic (exact) mass is 226 g/mol. The Hall–Kier alpha value is -0.610. The highest BCUT2D eigenvalue weighted by molar-refractivity contribution is 5.86. The normalized spacial score (nSPS) is 26.1. The summed E-state index contributed by atoms with van der Waals surface area (Å²) in [5.41, 5.74) is 5.38. The average molecular weight is 226 g/mol. The van der Waals surface area contributed by atoms with Crippen LogP contribution in [0.5, 0.6) is 0 Å². The first-order chi connectivity index (χ1) is 7.60. The summed E-state index contributed by atoms with van der Waals surface area (Å²) in [6.45, 7) is 4.25. The number of ether oxygens (including phenoxy) is 1. The summed E-state index contributed by atoms with van der Waals surface area (Å²) < 4.78 is 5.28. The Morgan fingerprint density at radius 2 is 2.00 bits per heavy atom. The minimum Gasteiger partial charge on any atom is -0.381 e. The van der Waals surface area contributed by atoms with E-state index in [-0.39, 0.29) is 5.91 Å². The molecule has 16 heavy (non-hydrogen) atoms. The van der Waals surface area contributed by atoms with Crippen LogP contribution in [-0.2, 0) is 9.53 Å². The zero-order valence-electron chi connectivity index (χ0n) is 10.00. The van der Waals surface area contributed by atoms with Gasteiger partial charge in [0.15, 0.2) is 0 Å². The van der Waals surface area contributed by atoms with Crippen LogP contribution in [0.15, 0.2) is 0 Å². The van der Waals surface area contributed by atoms with E-state index in [4.69, 9.17) is 10.5 Å². The van der Waals surface area contributed by atoms with Gasteiger partial charge in [-0.05, 0) is 44.4 Å². The van der Waals surface area contributed by atoms with E-state index in [1.807, 2.05) is 6.92 Å². The predicted octanol–water partition coefficient (Wildman–Crippen LogP) is 0.657. The van der Waals surface area contributed by atoms with Crippen molar-refractivity contribution in [3.05, 3.63) is 0 Å². The Balaban J connectivity index is 1.74. The maximum absolute atomic E-state index is 11.9. The Bertz CT molecular complexity index is 256. The molecule has 92 valence electrons. The summed E-state index contributed by atoms with van der Waals surface area (Å²) in [6, 6.07) is 0. The third-order valence-corrected chi connectivity index (χ3v) is 3.81. The van der Waals surface area contributed by atoms with Crippen molar-refractivity contribution in [2.75, 3.05) is 19.8 Å². The molecule has 2 rings (SSSR count). The van der Waals surface area contributed by atoms with Crippen molar-refractivity contribution < 1.29 is 9.53 Å². The van der Waals surface area contributed by atoms with Crippen LogP contribution >= 0.6 is 0 Å². The Labute approximate surface area is 96.9 Å². The number of carbonyl (C=O) groups is 1. The van der Waals surface area contributed by atoms with Gasteiger partial charge >= 0.3 is 0 Å². The van der Waals surface area contributed by atoms with Crippen molar-refractivity contribution in [3.8, 4) is 0 Å². The summed E-state index contributed by atoms with van der Waals surface area (Å²) in [6.07, 6.45) is 4.28. The van der Waals surface area contributed by atoms with E-state index in [0.717, 1.165) is 45.4 Å². The first-order valence-electron chi connectivity index (χ1n) is 6.25. The molecule has 1 unspecified atom stereocenters. The fraction of sp³-hybridized carbons (Fsp3) is 0.917. The first kappa shape index (κ1) is 11.9. The Kier molecular flexibility index (Phi) is 3.50. The lowest BCUT2D eigenvalue weighted by Gasteiger charge is -2.26. The highest BCUT2D eigenvalue weighted by Gasteiger charge is 2.43. The molecule has 1 atom stereocenters. The van der Waals surface area contributed by atoms with E-state index in [1.165, 1.54) is 0 Å². The number of amides is 1. The van der Waals surface area contributed by atoms with Gasteiger partial charge in [-0.2, -0.15) is 0 Å². The molecule has 0 aromatic carbocycles. The first-order valence-corrected chi connectivity index (χ1v) is 6.25. The van der Waals surface area contributed by atoms with Crippen LogP contribution < -0.4 is 11.1 Å². The number of hydrogen-bond acceptors (Lipinski definition) is 3. The van der Waals surface area contributed by atoms with E-state index in [0.29, 0.717) is 11.8 Å². The second kappa shape index (κ2) is 4.72. The van der Waals surface area contributed by atoms with Crippen molar-refractivity contribution in [1.29, 1.82) is 0 Å². The van der Waals surface area contributed by atoms with E-state index < -0.39 is 5.54 Å². The number of nitrogens with two attached hydrogens (primary N) is 1. The molecule has 0 aromatic rings. The van der Waals surface area contributed by atoms with Crippen molar-refractivity contribution >= 4 is 5.91 Å². The van der Waals surface area contributed by atoms with E-state index in [1.54, 1.807) is 0 Å². The molecule has 0 radical (unpaired) electrons. The molecule has 2 aliphatic rings. The molecule has 1 heterocycles. The quantitative estimate of drug-likeness (QED) is 0.740. The van der Waals surface area contributed by atoms with Crippen LogP contribution in [0.1, 0.15) is 32.6 Å². The minimum atomic E-state index is -0.662. The average Bonchev–Trinajstić information content (AvgIpc) is 3.11. The second-order valence-corrected chi connectivity index (χ2v) is 5.32. The van der Waals surface area contributed by atoms with Gasteiger partial charge in [0.25, 0.3) is 0 Å². The summed E-state index contributed by atoms with van der Waals surface area (Å²) in [5, 5.41) is 2.99. The third kappa shape index (κ3) is 2.74. The standard InChI is InChI=1S/C12H22N2O2/c1-12(13,10-2-3-10)11(15)14-8-9-4-6-16-7-5-9/h9-10H,2-8,13H2,1H3,(H,14,15). The van der Waals surface area contributed by atoms with Crippen molar-refractivity contribution in [3.63, 3.8) is 0 Å². The zero-order valence-corrected chi connectivity index (χ0v) is 10.00. The van der Waals surface area contributed by atoms with E-state index in [2.05, 4.69) is 5.32 Å². The Morgan fingerprint density at radius 1 is 1.38 bits per heavy atom. The predicted molar refractivity (Wildman–Crippen MR) is 61.9 cm³/mol. The van der Waals surface area contributed by atoms with Crippen molar-refractivity contribution in [1.82, 2.24) is 5.32 Å². The van der Waals surface area contributed by atoms with Crippen LogP contribution in [0.4, 0.5) is 0 Å². The molecular weight excluding hydrogens is 204 g/mol. The molecule has 1 saturated carbocycles. The molecular formula is C12H22N2O2. The van der Waals surface area contributed by atoms with Gasteiger partial charge in [0.1, 0.15) is 0 Å². The van der Waals surface area contributed by atoms with Crippen molar-refractivity contribution in [2.24, 2.45) is 17.6 Å². The van der Waals surface area contributed by atoms with Crippen LogP contribution in [0, 0.1) is 11.8 Å². The van der Waals surface area contributed by atoms with Crippen LogP contribution in [0.2, 0.25) is 0 Å². The van der Waals surface area contributed by atoms with Crippen LogP contribution in [-0.4, -0.2) is 31.2 Å². The van der Waals surface area contributed by atoms with Gasteiger partial charge in [0.2, 0.25) is 5.91 Å². The number of rotatable bonds is 4. The van der Waals surface area contributed by atoms with Gasteiger partial charge in [-0.15, -0.1) is 0 Å². The lowest BCUT2D eigenvalue weighted by molar-refractivity contribution is -0.126. The SMILES string of the molecule is CC(N)(C(=O)NCC1CCOCC1)C1CC1. The van der Waals surface area contributed by atoms with Gasteiger partial charge in [0.05, 0.1) is 5.54 Å². The molecule has 0 bridgehead atoms. The minimum absolute atomic E-state index is 0.0153. The highest BCUT2D eigenvalue weighted by atomic mass is 16.5. The molecule has 0 spiro atoms. The van der Waals surface area contributed by atoms with Crippen LogP contribution in [0.3, 0.4) is 0 Å². The largest absolute Gasteiger partial charge is 0.381 e. The summed E-state index contributed by atoms with van der Waals surface area (Å²) in [7, 11) is 0. The third-order valence-electron chi connectivity index (χ3n) is 3.81. The van der Waals surface area contributed by atoms with Gasteiger partial charge in [0, 0.05) is 19.8 Å². The maximum Gasteiger partial charge on any atom is 0.240 e. The fourth-order valence-corrected chi connectivity index (χ4v) is 2.25. The van der Waals surface area contributed by atoms with Crippen molar-refractivity contribution in [2.45, 2.75) is 38.1 Å². The molecule has 4 heteroatoms. The topological polar surface area (TPSA) is 64.4 Å². The Morgan fingerprint density at radius 3 is 2.56 bits per heavy atom. The maximum atomic E-state index is 11.9. The highest BCUT2D eigenvalue weighted by Crippen LogP contribution is 2.38. The van der Waals surface area contributed by atoms with E-state index >= 15 is 0 Å². The number of carbonyl (C=O) groups excluding carboxylic acids is 1.